The number of amides is 2. The highest BCUT2D eigenvalue weighted by Crippen LogP contribution is 2.18. The molecule has 2 amide bonds. The number of methoxy groups -OCH3 is 1. The van der Waals surface area contributed by atoms with Gasteiger partial charge in [0.2, 0.25) is 5.91 Å². The summed E-state index contributed by atoms with van der Waals surface area (Å²) in [5, 5.41) is 2.52. The van der Waals surface area contributed by atoms with Crippen molar-refractivity contribution in [2.75, 3.05) is 13.7 Å². The molecule has 0 saturated carbocycles. The van der Waals surface area contributed by atoms with Crippen LogP contribution < -0.4 is 16.6 Å². The molecule has 0 radical (unpaired) electrons. The van der Waals surface area contributed by atoms with Crippen LogP contribution in [-0.2, 0) is 9.53 Å². The lowest BCUT2D eigenvalue weighted by Crippen LogP contribution is -2.39. The summed E-state index contributed by atoms with van der Waals surface area (Å²) in [7, 11) is 1.29. The number of carbonyl (C=O) groups is 2. The lowest BCUT2D eigenvalue weighted by atomic mass is 9.89. The first-order valence-electron chi connectivity index (χ1n) is 4.22. The molecule has 0 unspecified atom stereocenters. The van der Waals surface area contributed by atoms with Gasteiger partial charge in [0.25, 0.3) is 0 Å². The molecule has 0 heterocycles. The summed E-state index contributed by atoms with van der Waals surface area (Å²) in [4.78, 5) is 21.7. The van der Waals surface area contributed by atoms with Gasteiger partial charge in [-0.2, -0.15) is 0 Å². The molecule has 14 heavy (non-hydrogen) atoms. The van der Waals surface area contributed by atoms with Crippen LogP contribution in [0.4, 0.5) is 4.79 Å². The Balaban J connectivity index is 3.94. The Morgan fingerprint density at radius 2 is 2.00 bits per heavy atom. The summed E-state index contributed by atoms with van der Waals surface area (Å²) >= 11 is 0. The largest absolute Gasteiger partial charge is 0.453 e. The molecule has 0 aromatic rings. The van der Waals surface area contributed by atoms with Crippen LogP contribution in [0, 0.1) is 5.41 Å². The van der Waals surface area contributed by atoms with Crippen molar-refractivity contribution in [2.24, 2.45) is 11.3 Å². The topological polar surface area (TPSA) is 93.4 Å². The van der Waals surface area contributed by atoms with Gasteiger partial charge in [-0.05, 0) is 5.41 Å². The maximum absolute atomic E-state index is 11.0. The first kappa shape index (κ1) is 12.7. The second kappa shape index (κ2) is 5.43. The first-order chi connectivity index (χ1) is 6.41. The molecule has 0 saturated heterocycles. The fraction of sp³-hybridized carbons (Fsp3) is 0.750. The van der Waals surface area contributed by atoms with Crippen LogP contribution in [0.1, 0.15) is 20.3 Å². The number of carbonyl (C=O) groups excluding carboxylic acids is 2. The number of hydrogen-bond donors (Lipinski definition) is 3. The second-order valence-electron chi connectivity index (χ2n) is 3.75. The van der Waals surface area contributed by atoms with E-state index < -0.39 is 6.09 Å². The second-order valence-corrected chi connectivity index (χ2v) is 3.75. The number of rotatable bonds is 4. The Labute approximate surface area is 83.1 Å². The van der Waals surface area contributed by atoms with Crippen LogP contribution in [0.2, 0.25) is 0 Å². The molecule has 0 rings (SSSR count). The molecule has 0 bridgehead atoms. The van der Waals surface area contributed by atoms with Crippen LogP contribution in [-0.4, -0.2) is 25.7 Å². The van der Waals surface area contributed by atoms with Gasteiger partial charge in [0.05, 0.1) is 7.11 Å². The molecule has 0 atom stereocenters. The Morgan fingerprint density at radius 1 is 1.43 bits per heavy atom. The fourth-order valence-corrected chi connectivity index (χ4v) is 0.932. The van der Waals surface area contributed by atoms with Crippen LogP contribution >= 0.6 is 0 Å². The number of hydrogen-bond acceptors (Lipinski definition) is 4. The van der Waals surface area contributed by atoms with Gasteiger partial charge in [-0.15, -0.1) is 0 Å². The van der Waals surface area contributed by atoms with E-state index >= 15 is 0 Å². The number of nitrogens with one attached hydrogen (secondary N) is 2. The molecule has 0 aromatic heterocycles. The van der Waals surface area contributed by atoms with Crippen LogP contribution in [0.15, 0.2) is 0 Å². The van der Waals surface area contributed by atoms with E-state index in [-0.39, 0.29) is 17.7 Å². The van der Waals surface area contributed by atoms with E-state index in [1.54, 1.807) is 0 Å². The minimum absolute atomic E-state index is 0.244. The lowest BCUT2D eigenvalue weighted by molar-refractivity contribution is -0.123. The van der Waals surface area contributed by atoms with Crippen LogP contribution in [0.5, 0.6) is 0 Å². The normalized spacial score (nSPS) is 10.6. The summed E-state index contributed by atoms with van der Waals surface area (Å²) in [6, 6.07) is 0. The highest BCUT2D eigenvalue weighted by Gasteiger charge is 2.22. The van der Waals surface area contributed by atoms with E-state index in [4.69, 9.17) is 5.84 Å². The Kier molecular flexibility index (Phi) is 4.93. The van der Waals surface area contributed by atoms with Crippen LogP contribution in [0.25, 0.3) is 0 Å². The van der Waals surface area contributed by atoms with Crippen molar-refractivity contribution >= 4 is 12.0 Å². The molecule has 82 valence electrons. The molecule has 4 N–H and O–H groups in total. The molecule has 0 fully saturated rings. The van der Waals surface area contributed by atoms with Gasteiger partial charge in [-0.1, -0.05) is 13.8 Å². The summed E-state index contributed by atoms with van der Waals surface area (Å²) in [6.07, 6.45) is -0.265. The van der Waals surface area contributed by atoms with E-state index in [1.165, 1.54) is 7.11 Å². The van der Waals surface area contributed by atoms with Crippen molar-refractivity contribution in [1.29, 1.82) is 0 Å². The van der Waals surface area contributed by atoms with E-state index in [0.717, 1.165) is 0 Å². The van der Waals surface area contributed by atoms with Gasteiger partial charge in [0, 0.05) is 13.0 Å². The minimum Gasteiger partial charge on any atom is -0.453 e. The zero-order valence-corrected chi connectivity index (χ0v) is 8.72. The predicted octanol–water partition coefficient (Wildman–Crippen LogP) is -0.251. The minimum atomic E-state index is -0.508. The molecule has 6 nitrogen and oxygen atoms in total. The Hall–Kier alpha value is -1.30. The molecule has 0 aliphatic carbocycles. The van der Waals surface area contributed by atoms with Gasteiger partial charge in [-0.25, -0.2) is 10.6 Å². The van der Waals surface area contributed by atoms with E-state index in [1.807, 2.05) is 19.3 Å². The van der Waals surface area contributed by atoms with E-state index in [9.17, 15) is 9.59 Å². The first-order valence-corrected chi connectivity index (χ1v) is 4.22. The average molecular weight is 203 g/mol. The summed E-state index contributed by atoms with van der Waals surface area (Å²) < 4.78 is 4.40. The SMILES string of the molecule is COC(=O)NCC(C)(C)CC(=O)NN. The molecule has 6 heteroatoms. The standard InChI is InChI=1S/C8H17N3O3/c1-8(2,4-6(12)11-9)5-10-7(13)14-3/h4-5,9H2,1-3H3,(H,10,13)(H,11,12). The summed E-state index contributed by atoms with van der Waals surface area (Å²) in [5.41, 5.74) is 1.69. The van der Waals surface area contributed by atoms with E-state index in [2.05, 4.69) is 10.1 Å². The van der Waals surface area contributed by atoms with Crippen molar-refractivity contribution in [3.63, 3.8) is 0 Å². The maximum Gasteiger partial charge on any atom is 0.406 e. The van der Waals surface area contributed by atoms with Gasteiger partial charge >= 0.3 is 6.09 Å². The predicted molar refractivity (Wildman–Crippen MR) is 51.1 cm³/mol. The van der Waals surface area contributed by atoms with Gasteiger partial charge in [0.1, 0.15) is 0 Å². The van der Waals surface area contributed by atoms with Gasteiger partial charge < -0.3 is 10.1 Å². The molecular formula is C8H17N3O3. The monoisotopic (exact) mass is 203 g/mol. The Morgan fingerprint density at radius 3 is 2.43 bits per heavy atom. The number of ether oxygens (including phenoxy) is 1. The maximum atomic E-state index is 11.0. The van der Waals surface area contributed by atoms with Crippen LogP contribution in [0.3, 0.4) is 0 Å². The third kappa shape index (κ3) is 5.36. The Bertz CT molecular complexity index is 216. The van der Waals surface area contributed by atoms with E-state index in [0.29, 0.717) is 6.54 Å². The molecule has 0 aromatic carbocycles. The lowest BCUT2D eigenvalue weighted by Gasteiger charge is -2.23. The third-order valence-corrected chi connectivity index (χ3v) is 1.70. The zero-order chi connectivity index (χ0) is 11.2. The van der Waals surface area contributed by atoms with Gasteiger partial charge in [-0.3, -0.25) is 10.2 Å². The van der Waals surface area contributed by atoms with Crippen molar-refractivity contribution in [3.05, 3.63) is 0 Å². The summed E-state index contributed by atoms with van der Waals surface area (Å²) in [5.74, 6) is 4.69. The number of hydrazine groups is 1. The van der Waals surface area contributed by atoms with Crippen molar-refractivity contribution < 1.29 is 14.3 Å². The highest BCUT2D eigenvalue weighted by atomic mass is 16.5. The quantitative estimate of drug-likeness (QED) is 0.333. The molecule has 0 spiro atoms. The average Bonchev–Trinajstić information content (AvgIpc) is 2.13. The highest BCUT2D eigenvalue weighted by molar-refractivity contribution is 5.76. The summed E-state index contributed by atoms with van der Waals surface area (Å²) in [6.45, 7) is 4.05. The number of alkyl carbamates (subject to hydrolysis) is 1. The fourth-order valence-electron chi connectivity index (χ4n) is 0.932. The molecule has 0 aliphatic rings. The number of nitrogens with two attached hydrogens (primary N) is 1. The van der Waals surface area contributed by atoms with Crippen molar-refractivity contribution in [3.8, 4) is 0 Å². The van der Waals surface area contributed by atoms with Crippen molar-refractivity contribution in [1.82, 2.24) is 10.7 Å². The zero-order valence-electron chi connectivity index (χ0n) is 8.72. The smallest absolute Gasteiger partial charge is 0.406 e. The molecule has 0 aliphatic heterocycles. The van der Waals surface area contributed by atoms with Gasteiger partial charge in [0.15, 0.2) is 0 Å². The van der Waals surface area contributed by atoms with Crippen molar-refractivity contribution in [2.45, 2.75) is 20.3 Å². The molecular weight excluding hydrogens is 186 g/mol. The third-order valence-electron chi connectivity index (χ3n) is 1.70.